The molecule has 6 aromatic carbocycles. The van der Waals surface area contributed by atoms with E-state index in [2.05, 4.69) is 200 Å². The standard InChI is InChI=1S/C46H39N7/c1-3-11-32(12-4-1)43-50-44(53-46(52(43)53)34-13-5-2-6-14-34)33-20-18-30(19-21-33)31-22-24-35(25-23-31)51-42-38-16-8-7-15-36(38)37-26-28-47-29-39(37)41(42)49-45(51)40-17-9-10-27-48-40/h1-28,40,43-50H,29H2/t40?,43?,44?,45?,46?,52?,53-/m0/s1. The first-order chi connectivity index (χ1) is 26.3. The van der Waals surface area contributed by atoms with Gasteiger partial charge in [-0.1, -0.05) is 133 Å². The van der Waals surface area contributed by atoms with E-state index in [0.717, 1.165) is 12.2 Å². The van der Waals surface area contributed by atoms with Gasteiger partial charge in [-0.2, -0.15) is 10.0 Å². The molecule has 0 spiro atoms. The maximum Gasteiger partial charge on any atom is 0.128 e. The summed E-state index contributed by atoms with van der Waals surface area (Å²) in [7, 11) is 0. The van der Waals surface area contributed by atoms with Crippen molar-refractivity contribution in [3.8, 4) is 11.1 Å². The zero-order chi connectivity index (χ0) is 34.9. The van der Waals surface area contributed by atoms with Gasteiger partial charge in [0.2, 0.25) is 0 Å². The van der Waals surface area contributed by atoms with Crippen molar-refractivity contribution >= 4 is 33.9 Å². The zero-order valence-corrected chi connectivity index (χ0v) is 29.1. The summed E-state index contributed by atoms with van der Waals surface area (Å²) in [5.41, 5.74) is 12.5. The first-order valence-electron chi connectivity index (χ1n) is 18.6. The molecule has 2 saturated heterocycles. The predicted octanol–water partition coefficient (Wildman–Crippen LogP) is 9.04. The van der Waals surface area contributed by atoms with E-state index in [-0.39, 0.29) is 30.7 Å². The molecule has 5 aliphatic rings. The van der Waals surface area contributed by atoms with Crippen molar-refractivity contribution in [2.45, 2.75) is 37.2 Å². The Labute approximate surface area is 309 Å². The van der Waals surface area contributed by atoms with Gasteiger partial charge in [-0.3, -0.25) is 5.32 Å². The summed E-state index contributed by atoms with van der Waals surface area (Å²) in [4.78, 5) is 2.50. The van der Waals surface area contributed by atoms with Crippen LogP contribution >= 0.6 is 0 Å². The Bertz CT molecular complexity index is 2420. The zero-order valence-electron chi connectivity index (χ0n) is 29.1. The number of hydrazine groups is 1. The second kappa shape index (κ2) is 12.2. The molecule has 7 heteroatoms. The first-order valence-corrected chi connectivity index (χ1v) is 18.6. The first kappa shape index (κ1) is 30.5. The number of hydrogen-bond acceptors (Lipinski definition) is 7. The lowest BCUT2D eigenvalue weighted by molar-refractivity contribution is 0.314. The third-order valence-electron chi connectivity index (χ3n) is 11.4. The van der Waals surface area contributed by atoms with Gasteiger partial charge in [0, 0.05) is 23.2 Å². The Balaban J connectivity index is 0.917. The molecule has 0 radical (unpaired) electrons. The molecule has 0 aromatic heterocycles. The summed E-state index contributed by atoms with van der Waals surface area (Å²) in [6.07, 6.45) is 13.2. The van der Waals surface area contributed by atoms with Gasteiger partial charge < -0.3 is 20.9 Å². The van der Waals surface area contributed by atoms with E-state index < -0.39 is 0 Å². The van der Waals surface area contributed by atoms with Crippen LogP contribution in [0.4, 0.5) is 17.1 Å². The van der Waals surface area contributed by atoms with Crippen LogP contribution in [0.15, 0.2) is 164 Å². The minimum absolute atomic E-state index is 0.00697. The molecule has 2 fully saturated rings. The van der Waals surface area contributed by atoms with Gasteiger partial charge in [-0.25, -0.2) is 0 Å². The van der Waals surface area contributed by atoms with Crippen LogP contribution < -0.4 is 26.2 Å². The van der Waals surface area contributed by atoms with Crippen LogP contribution in [-0.4, -0.2) is 22.2 Å². The summed E-state index contributed by atoms with van der Waals surface area (Å²) < 4.78 is 0. The van der Waals surface area contributed by atoms with Gasteiger partial charge in [-0.05, 0) is 75.5 Å². The molecule has 7 atom stereocenters. The number of benzene rings is 6. The van der Waals surface area contributed by atoms with E-state index in [0.29, 0.717) is 0 Å². The largest absolute Gasteiger partial charge is 0.387 e. The Kier molecular flexibility index (Phi) is 7.05. The van der Waals surface area contributed by atoms with Crippen molar-refractivity contribution < 1.29 is 0 Å². The number of rotatable bonds is 6. The van der Waals surface area contributed by atoms with Crippen LogP contribution in [-0.2, 0) is 6.54 Å². The van der Waals surface area contributed by atoms with Gasteiger partial charge in [-0.15, -0.1) is 0 Å². The predicted molar refractivity (Wildman–Crippen MR) is 214 cm³/mol. The van der Waals surface area contributed by atoms with Crippen LogP contribution in [0, 0.1) is 0 Å². The molecule has 7 nitrogen and oxygen atoms in total. The highest BCUT2D eigenvalue weighted by molar-refractivity contribution is 6.10. The molecule has 5 aliphatic heterocycles. The van der Waals surface area contributed by atoms with Gasteiger partial charge in [0.05, 0.1) is 17.4 Å². The van der Waals surface area contributed by atoms with Crippen LogP contribution in [0.5, 0.6) is 0 Å². The van der Waals surface area contributed by atoms with Gasteiger partial charge in [0.15, 0.2) is 0 Å². The maximum absolute atomic E-state index is 3.98. The molecule has 6 unspecified atom stereocenters. The number of nitrogens with one attached hydrogen (secondary N) is 4. The molecule has 0 bridgehead atoms. The number of allylic oxidation sites excluding steroid dienone is 2. The number of dihydropyridines is 1. The molecule has 53 heavy (non-hydrogen) atoms. The van der Waals surface area contributed by atoms with Crippen molar-refractivity contribution in [1.82, 2.24) is 26.0 Å². The van der Waals surface area contributed by atoms with Crippen molar-refractivity contribution in [1.29, 1.82) is 0 Å². The third kappa shape index (κ3) is 4.93. The van der Waals surface area contributed by atoms with E-state index in [1.807, 2.05) is 6.20 Å². The molecule has 0 saturated carbocycles. The Morgan fingerprint density at radius 1 is 0.585 bits per heavy atom. The van der Waals surface area contributed by atoms with E-state index in [9.17, 15) is 0 Å². The summed E-state index contributed by atoms with van der Waals surface area (Å²) >= 11 is 0. The van der Waals surface area contributed by atoms with Crippen LogP contribution in [0.3, 0.4) is 0 Å². The van der Waals surface area contributed by atoms with E-state index in [1.54, 1.807) is 0 Å². The van der Waals surface area contributed by atoms with Crippen molar-refractivity contribution in [3.63, 3.8) is 0 Å². The van der Waals surface area contributed by atoms with Gasteiger partial charge >= 0.3 is 0 Å². The van der Waals surface area contributed by atoms with Crippen molar-refractivity contribution in [2.24, 2.45) is 0 Å². The lowest BCUT2D eigenvalue weighted by Gasteiger charge is -2.33. The van der Waals surface area contributed by atoms with Crippen LogP contribution in [0.1, 0.15) is 46.3 Å². The topological polar surface area (TPSA) is 57.4 Å². The summed E-state index contributed by atoms with van der Waals surface area (Å²) in [5.74, 6) is 0. The summed E-state index contributed by atoms with van der Waals surface area (Å²) in [6, 6.07) is 48.7. The average molecular weight is 690 g/mol. The lowest BCUT2D eigenvalue weighted by Crippen LogP contribution is -2.48. The summed E-state index contributed by atoms with van der Waals surface area (Å²) in [5, 5.41) is 22.5. The molecule has 4 N–H and O–H groups in total. The van der Waals surface area contributed by atoms with Crippen LogP contribution in [0.2, 0.25) is 0 Å². The molecule has 258 valence electrons. The molecule has 5 heterocycles. The number of fused-ring (bicyclic) bond motifs is 7. The fourth-order valence-electron chi connectivity index (χ4n) is 8.92. The molecule has 11 rings (SSSR count). The smallest absolute Gasteiger partial charge is 0.128 e. The number of nitrogens with zero attached hydrogens (tertiary/aromatic N) is 3. The minimum Gasteiger partial charge on any atom is -0.387 e. The Morgan fingerprint density at radius 2 is 1.23 bits per heavy atom. The molecule has 0 amide bonds. The molecule has 6 aromatic rings. The van der Waals surface area contributed by atoms with Crippen molar-refractivity contribution in [2.75, 3.05) is 10.2 Å². The van der Waals surface area contributed by atoms with Crippen LogP contribution in [0.25, 0.3) is 28.0 Å². The quantitative estimate of drug-likeness (QED) is 0.130. The fourth-order valence-corrected chi connectivity index (χ4v) is 8.92. The lowest BCUT2D eigenvalue weighted by atomic mass is 9.93. The van der Waals surface area contributed by atoms with E-state index >= 15 is 0 Å². The number of anilines is 3. The highest BCUT2D eigenvalue weighted by Gasteiger charge is 2.60. The monoisotopic (exact) mass is 689 g/mol. The van der Waals surface area contributed by atoms with E-state index in [1.165, 1.54) is 61.1 Å². The highest BCUT2D eigenvalue weighted by Crippen LogP contribution is 2.57. The molecular formula is C46H39N7. The number of hydrogen-bond donors (Lipinski definition) is 4. The Hall–Kier alpha value is -6.12. The minimum atomic E-state index is -0.00697. The third-order valence-corrected chi connectivity index (χ3v) is 11.4. The second-order valence-corrected chi connectivity index (χ2v) is 14.4. The molecule has 0 aliphatic carbocycles. The second-order valence-electron chi connectivity index (χ2n) is 14.4. The van der Waals surface area contributed by atoms with Gasteiger partial charge in [0.1, 0.15) is 24.7 Å². The highest BCUT2D eigenvalue weighted by atomic mass is 15.9. The average Bonchev–Trinajstić information content (AvgIpc) is 3.63. The fraction of sp³-hybridized carbons (Fsp3) is 0.130. The van der Waals surface area contributed by atoms with E-state index in [4.69, 9.17) is 0 Å². The summed E-state index contributed by atoms with van der Waals surface area (Å²) in [6.45, 7) is 0.793. The maximum atomic E-state index is 3.98. The molecular weight excluding hydrogens is 651 g/mol. The normalized spacial score (nSPS) is 26.0. The van der Waals surface area contributed by atoms with Crippen molar-refractivity contribution in [3.05, 3.63) is 192 Å². The van der Waals surface area contributed by atoms with Gasteiger partial charge in [0.25, 0.3) is 0 Å². The Morgan fingerprint density at radius 3 is 1.92 bits per heavy atom. The SMILES string of the molecule is C1=CNC(C2Nc3c4c(c5ccccc5c3N2c2ccc(-c3ccc(C5NC(c6ccccc6)N6C(c7ccccc7)[N@]56)cc3)cc2)C=CNC4)C=C1.